The number of hydrogen-bond acceptors (Lipinski definition) is 6. The lowest BCUT2D eigenvalue weighted by Crippen LogP contribution is -2.33. The number of nitrogens with one attached hydrogen (secondary N) is 3. The summed E-state index contributed by atoms with van der Waals surface area (Å²) >= 11 is 6.54. The van der Waals surface area contributed by atoms with Gasteiger partial charge in [-0.2, -0.15) is 0 Å². The molecule has 3 N–H and O–H groups in total. The molecule has 35 heavy (non-hydrogen) atoms. The van der Waals surface area contributed by atoms with Gasteiger partial charge in [-0.3, -0.25) is 9.36 Å². The summed E-state index contributed by atoms with van der Waals surface area (Å²) in [6, 6.07) is 9.97. The van der Waals surface area contributed by atoms with Crippen molar-refractivity contribution in [3.63, 3.8) is 0 Å². The maximum Gasteiger partial charge on any atom is 0.333 e. The van der Waals surface area contributed by atoms with Gasteiger partial charge in [0.15, 0.2) is 0 Å². The number of thiophene rings is 1. The summed E-state index contributed by atoms with van der Waals surface area (Å²) in [5.41, 5.74) is 0.0407. The number of fused-ring (bicyclic) bond motifs is 1. The van der Waals surface area contributed by atoms with E-state index in [1.807, 2.05) is 4.72 Å². The molecule has 2 aromatic carbocycles. The van der Waals surface area contributed by atoms with Gasteiger partial charge in [-0.1, -0.05) is 11.6 Å². The number of amides is 2. The number of carbonyl (C=O) groups is 1. The Hall–Kier alpha value is -3.92. The first-order valence-electron chi connectivity index (χ1n) is 9.76. The fraction of sp³-hybridized carbons (Fsp3) is 0.0455. The average Bonchev–Trinajstić information content (AvgIpc) is 3.26. The molecule has 2 amide bonds. The summed E-state index contributed by atoms with van der Waals surface area (Å²) in [4.78, 5) is 28.7. The molecule has 0 spiro atoms. The van der Waals surface area contributed by atoms with Crippen LogP contribution in [0.2, 0.25) is 4.34 Å². The maximum atomic E-state index is 14.2. The van der Waals surface area contributed by atoms with Crippen molar-refractivity contribution >= 4 is 66.8 Å². The van der Waals surface area contributed by atoms with Gasteiger partial charge in [-0.05, 0) is 53.9 Å². The van der Waals surface area contributed by atoms with Gasteiger partial charge in [0.25, 0.3) is 15.6 Å². The number of nitrogens with zero attached hydrogens (tertiary/aromatic N) is 2. The molecule has 4 rings (SSSR count). The highest BCUT2D eigenvalue weighted by atomic mass is 35.5. The molecule has 2 heterocycles. The van der Waals surface area contributed by atoms with Crippen molar-refractivity contribution in [1.82, 2.24) is 9.29 Å². The van der Waals surface area contributed by atoms with Crippen molar-refractivity contribution in [2.75, 3.05) is 17.7 Å². The first-order chi connectivity index (χ1) is 16.6. The fourth-order valence-electron chi connectivity index (χ4n) is 3.31. The average molecular weight is 532 g/mol. The minimum atomic E-state index is -4.13. The zero-order valence-electron chi connectivity index (χ0n) is 17.8. The van der Waals surface area contributed by atoms with Crippen LogP contribution in [0.1, 0.15) is 0 Å². The van der Waals surface area contributed by atoms with Crippen LogP contribution in [0, 0.1) is 12.4 Å². The van der Waals surface area contributed by atoms with E-state index >= 15 is 0 Å². The van der Waals surface area contributed by atoms with Gasteiger partial charge < -0.3 is 10.6 Å². The minimum Gasteiger partial charge on any atom is -0.386 e. The van der Waals surface area contributed by atoms with Gasteiger partial charge >= 0.3 is 6.03 Å². The Morgan fingerprint density at radius 2 is 1.94 bits per heavy atom. The largest absolute Gasteiger partial charge is 0.386 e. The Morgan fingerprint density at radius 3 is 2.60 bits per heavy atom. The Kier molecular flexibility index (Phi) is 6.49. The van der Waals surface area contributed by atoms with Crippen LogP contribution in [0.15, 0.2) is 63.7 Å². The Morgan fingerprint density at radius 1 is 1.17 bits per heavy atom. The molecule has 13 heteroatoms. The third-order valence-electron chi connectivity index (χ3n) is 4.91. The molecule has 2 aromatic heterocycles. The molecule has 0 unspecified atom stereocenters. The molecule has 178 valence electrons. The van der Waals surface area contributed by atoms with Crippen molar-refractivity contribution in [1.29, 1.82) is 0 Å². The van der Waals surface area contributed by atoms with Gasteiger partial charge in [0, 0.05) is 18.9 Å². The van der Waals surface area contributed by atoms with E-state index in [1.54, 1.807) is 13.1 Å². The second kappa shape index (κ2) is 9.38. The maximum absolute atomic E-state index is 14.2. The Balaban J connectivity index is 1.63. The zero-order valence-corrected chi connectivity index (χ0v) is 20.2. The smallest absolute Gasteiger partial charge is 0.333 e. The monoisotopic (exact) mass is 531 g/mol. The molecule has 0 atom stereocenters. The van der Waals surface area contributed by atoms with E-state index in [-0.39, 0.29) is 36.7 Å². The SMILES string of the molecule is [C-]#[N+]c1cc(NC(=O)NS(=O)(=O)c2ccc(Cl)s2)ccc1-n1ccc2cc(NC)c(F)cc2c1=O. The number of rotatable bonds is 5. The quantitative estimate of drug-likeness (QED) is 0.315. The minimum absolute atomic E-state index is 0.00413. The Labute approximate surface area is 207 Å². The molecular formula is C22H15ClFN5O4S2. The predicted octanol–water partition coefficient (Wildman–Crippen LogP) is 4.95. The number of sulfonamides is 1. The summed E-state index contributed by atoms with van der Waals surface area (Å²) < 4.78 is 42.0. The van der Waals surface area contributed by atoms with E-state index in [9.17, 15) is 22.4 Å². The molecule has 0 aliphatic heterocycles. The molecule has 0 saturated carbocycles. The zero-order chi connectivity index (χ0) is 25.3. The van der Waals surface area contributed by atoms with Crippen LogP contribution < -0.4 is 20.9 Å². The second-order valence-corrected chi connectivity index (χ2v) is 10.7. The van der Waals surface area contributed by atoms with Gasteiger partial charge in [0.05, 0.1) is 27.7 Å². The Bertz CT molecular complexity index is 1690. The number of pyridine rings is 1. The van der Waals surface area contributed by atoms with Crippen molar-refractivity contribution in [2.24, 2.45) is 0 Å². The lowest BCUT2D eigenvalue weighted by atomic mass is 10.1. The molecule has 0 saturated heterocycles. The van der Waals surface area contributed by atoms with Gasteiger partial charge in [0.1, 0.15) is 10.0 Å². The summed E-state index contributed by atoms with van der Waals surface area (Å²) in [6.07, 6.45) is 1.46. The van der Waals surface area contributed by atoms with E-state index in [2.05, 4.69) is 15.5 Å². The van der Waals surface area contributed by atoms with E-state index in [0.717, 1.165) is 17.4 Å². The molecule has 9 nitrogen and oxygen atoms in total. The first-order valence-corrected chi connectivity index (χ1v) is 12.4. The molecule has 0 fully saturated rings. The standard InChI is InChI=1S/C22H15ClFN5O4S2/c1-25-16-9-12-7-8-29(21(30)14(12)11-15(16)24)18-4-3-13(10-17(18)26-2)27-22(31)28-35(32,33)20-6-5-19(23)34-20/h3-11,25H,1H3,(H2,27,28,31). The highest BCUT2D eigenvalue weighted by Crippen LogP contribution is 2.29. The van der Waals surface area contributed by atoms with Crippen molar-refractivity contribution in [2.45, 2.75) is 4.21 Å². The van der Waals surface area contributed by atoms with E-state index in [4.69, 9.17) is 18.2 Å². The highest BCUT2D eigenvalue weighted by Gasteiger charge is 2.20. The summed E-state index contributed by atoms with van der Waals surface area (Å²) in [7, 11) is -2.56. The van der Waals surface area contributed by atoms with Crippen molar-refractivity contribution in [3.05, 3.63) is 86.7 Å². The van der Waals surface area contributed by atoms with Crippen LogP contribution in [0.4, 0.5) is 26.2 Å². The van der Waals surface area contributed by atoms with E-state index < -0.39 is 27.4 Å². The third kappa shape index (κ3) is 4.83. The summed E-state index contributed by atoms with van der Waals surface area (Å²) in [5.74, 6) is -0.592. The molecule has 0 aliphatic rings. The topological polar surface area (TPSA) is 114 Å². The van der Waals surface area contributed by atoms with Crippen LogP contribution in [0.3, 0.4) is 0 Å². The summed E-state index contributed by atoms with van der Waals surface area (Å²) in [5, 5.41) is 5.70. The number of carbonyl (C=O) groups excluding carboxylic acids is 1. The number of hydrogen-bond donors (Lipinski definition) is 3. The second-order valence-electron chi connectivity index (χ2n) is 7.09. The van der Waals surface area contributed by atoms with Crippen LogP contribution >= 0.6 is 22.9 Å². The number of urea groups is 1. The molecule has 0 radical (unpaired) electrons. The van der Waals surface area contributed by atoms with Crippen LogP contribution in [0.5, 0.6) is 0 Å². The van der Waals surface area contributed by atoms with E-state index in [0.29, 0.717) is 5.39 Å². The fourth-order valence-corrected chi connectivity index (χ4v) is 5.70. The van der Waals surface area contributed by atoms with Crippen molar-refractivity contribution < 1.29 is 17.6 Å². The van der Waals surface area contributed by atoms with Crippen LogP contribution in [0.25, 0.3) is 21.3 Å². The molecule has 4 aromatic rings. The molecular weight excluding hydrogens is 517 g/mol. The predicted molar refractivity (Wildman–Crippen MR) is 134 cm³/mol. The van der Waals surface area contributed by atoms with Gasteiger partial charge in [-0.15, -0.1) is 11.3 Å². The number of halogens is 2. The van der Waals surface area contributed by atoms with E-state index in [1.165, 1.54) is 47.2 Å². The molecule has 0 aliphatic carbocycles. The van der Waals surface area contributed by atoms with Gasteiger partial charge in [0.2, 0.25) is 5.69 Å². The first kappa shape index (κ1) is 24.2. The van der Waals surface area contributed by atoms with Crippen molar-refractivity contribution in [3.8, 4) is 5.69 Å². The number of aromatic nitrogens is 1. The number of anilines is 2. The van der Waals surface area contributed by atoms with Gasteiger partial charge in [-0.25, -0.2) is 27.2 Å². The third-order valence-corrected chi connectivity index (χ3v) is 7.97. The van der Waals surface area contributed by atoms with Crippen LogP contribution in [-0.2, 0) is 10.0 Å². The molecule has 0 bridgehead atoms. The summed E-state index contributed by atoms with van der Waals surface area (Å²) in [6.45, 7) is 7.50. The lowest BCUT2D eigenvalue weighted by Gasteiger charge is -2.13. The lowest BCUT2D eigenvalue weighted by molar-refractivity contribution is 0.256. The highest BCUT2D eigenvalue weighted by molar-refractivity contribution is 7.92. The number of benzene rings is 2. The normalized spacial score (nSPS) is 11.1. The van der Waals surface area contributed by atoms with Crippen LogP contribution in [-0.4, -0.2) is 26.1 Å².